The zero-order chi connectivity index (χ0) is 27.6. The number of carbonyl (C=O) groups excluding carboxylic acids is 3. The van der Waals surface area contributed by atoms with Gasteiger partial charge in [0.2, 0.25) is 5.91 Å². The fourth-order valence-electron chi connectivity index (χ4n) is 4.91. The topological polar surface area (TPSA) is 95.1 Å². The van der Waals surface area contributed by atoms with Crippen molar-refractivity contribution in [3.8, 4) is 0 Å². The van der Waals surface area contributed by atoms with E-state index in [0.717, 1.165) is 5.56 Å². The number of rotatable bonds is 9. The molecule has 0 aliphatic carbocycles. The molecule has 4 rings (SSSR count). The number of nitrogens with zero attached hydrogens (tertiary/aromatic N) is 4. The predicted molar refractivity (Wildman–Crippen MR) is 130 cm³/mol. The van der Waals surface area contributed by atoms with E-state index in [-0.39, 0.29) is 43.6 Å². The fourth-order valence-corrected chi connectivity index (χ4v) is 4.91. The second-order valence-electron chi connectivity index (χ2n) is 9.93. The molecule has 0 saturated carbocycles. The van der Waals surface area contributed by atoms with Crippen molar-refractivity contribution in [1.82, 2.24) is 25.0 Å². The number of carbonyl (C=O) groups is 3. The van der Waals surface area contributed by atoms with E-state index < -0.39 is 35.7 Å². The third kappa shape index (κ3) is 5.65. The van der Waals surface area contributed by atoms with Crippen molar-refractivity contribution < 1.29 is 32.3 Å². The van der Waals surface area contributed by atoms with Crippen LogP contribution in [0.25, 0.3) is 0 Å². The average Bonchev–Trinajstić information content (AvgIpc) is 3.07. The lowest BCUT2D eigenvalue weighted by atomic mass is 9.86. The SMILES string of the molecule is CC(C)(C(=O)NCOCc1ccccc1)N1CCN2C(=O)N(CC(F)(F)F)C(=O)[C@]2(Cc2ccccn2)C1. The quantitative estimate of drug-likeness (QED) is 0.303. The van der Waals surface area contributed by atoms with Gasteiger partial charge in [0, 0.05) is 37.9 Å². The fraction of sp³-hybridized carbons (Fsp3) is 0.462. The number of nitrogens with one attached hydrogen (secondary N) is 1. The van der Waals surface area contributed by atoms with E-state index in [1.54, 1.807) is 36.9 Å². The highest BCUT2D eigenvalue weighted by atomic mass is 19.4. The highest BCUT2D eigenvalue weighted by Gasteiger charge is 2.62. The molecule has 0 radical (unpaired) electrons. The number of benzene rings is 1. The standard InChI is InChI=1S/C26H30F3N5O4/c1-24(2,21(35)31-18-38-15-19-8-4-3-5-9-19)32-12-13-34-23(37)33(17-26(27,28)29)22(36)25(34,16-32)14-20-10-6-7-11-30-20/h3-11H,12-18H2,1-2H3,(H,31,35)/t25-/m0/s1. The minimum atomic E-state index is -4.75. The summed E-state index contributed by atoms with van der Waals surface area (Å²) in [4.78, 5) is 47.1. The van der Waals surface area contributed by atoms with E-state index in [1.807, 2.05) is 30.3 Å². The Hall–Kier alpha value is -3.51. The van der Waals surface area contributed by atoms with Crippen LogP contribution in [0, 0.1) is 0 Å². The van der Waals surface area contributed by atoms with Gasteiger partial charge in [-0.3, -0.25) is 24.4 Å². The summed E-state index contributed by atoms with van der Waals surface area (Å²) in [5.41, 5.74) is -1.39. The zero-order valence-electron chi connectivity index (χ0n) is 21.2. The molecule has 1 atom stereocenters. The van der Waals surface area contributed by atoms with E-state index >= 15 is 0 Å². The maximum Gasteiger partial charge on any atom is 0.406 e. The number of hydrogen-bond acceptors (Lipinski definition) is 6. The molecule has 2 aromatic rings. The van der Waals surface area contributed by atoms with Gasteiger partial charge in [-0.15, -0.1) is 0 Å². The van der Waals surface area contributed by atoms with E-state index in [0.29, 0.717) is 12.3 Å². The lowest BCUT2D eigenvalue weighted by molar-refractivity contribution is -0.157. The van der Waals surface area contributed by atoms with E-state index in [4.69, 9.17) is 4.74 Å². The highest BCUT2D eigenvalue weighted by Crippen LogP contribution is 2.38. The minimum Gasteiger partial charge on any atom is -0.357 e. The first-order valence-corrected chi connectivity index (χ1v) is 12.2. The molecular weight excluding hydrogens is 503 g/mol. The molecule has 38 heavy (non-hydrogen) atoms. The van der Waals surface area contributed by atoms with Crippen LogP contribution < -0.4 is 5.32 Å². The third-order valence-electron chi connectivity index (χ3n) is 7.00. The lowest BCUT2D eigenvalue weighted by Crippen LogP contribution is -2.69. The Morgan fingerprint density at radius 2 is 1.79 bits per heavy atom. The van der Waals surface area contributed by atoms with Crippen LogP contribution in [0.4, 0.5) is 18.0 Å². The van der Waals surface area contributed by atoms with Crippen LogP contribution in [0.2, 0.25) is 0 Å². The van der Waals surface area contributed by atoms with Gasteiger partial charge in [0.25, 0.3) is 5.91 Å². The molecule has 204 valence electrons. The van der Waals surface area contributed by atoms with Gasteiger partial charge in [-0.2, -0.15) is 13.2 Å². The monoisotopic (exact) mass is 533 g/mol. The maximum absolute atomic E-state index is 13.5. The normalized spacial score (nSPS) is 20.6. The van der Waals surface area contributed by atoms with Crippen molar-refractivity contribution in [2.45, 2.75) is 44.1 Å². The lowest BCUT2D eigenvalue weighted by Gasteiger charge is -2.49. The number of pyridine rings is 1. The van der Waals surface area contributed by atoms with Gasteiger partial charge < -0.3 is 15.0 Å². The summed E-state index contributed by atoms with van der Waals surface area (Å²) in [6.07, 6.45) is -3.32. The van der Waals surface area contributed by atoms with Crippen LogP contribution in [-0.2, 0) is 27.4 Å². The molecule has 1 aromatic heterocycles. The Morgan fingerprint density at radius 1 is 1.08 bits per heavy atom. The largest absolute Gasteiger partial charge is 0.406 e. The molecular formula is C26H30F3N5O4. The number of aromatic nitrogens is 1. The summed E-state index contributed by atoms with van der Waals surface area (Å²) >= 11 is 0. The first kappa shape index (κ1) is 27.5. The third-order valence-corrected chi connectivity index (χ3v) is 7.00. The Balaban J connectivity index is 1.52. The molecule has 2 aliphatic heterocycles. The van der Waals surface area contributed by atoms with Gasteiger partial charge >= 0.3 is 12.2 Å². The Morgan fingerprint density at radius 3 is 2.45 bits per heavy atom. The summed E-state index contributed by atoms with van der Waals surface area (Å²) in [7, 11) is 0. The summed E-state index contributed by atoms with van der Waals surface area (Å²) in [6.45, 7) is 1.95. The van der Waals surface area contributed by atoms with Crippen molar-refractivity contribution in [2.24, 2.45) is 0 Å². The number of halogens is 3. The minimum absolute atomic E-state index is 0.0209. The van der Waals surface area contributed by atoms with Crippen LogP contribution in [0.15, 0.2) is 54.7 Å². The van der Waals surface area contributed by atoms with Crippen molar-refractivity contribution in [2.75, 3.05) is 32.9 Å². The van der Waals surface area contributed by atoms with Gasteiger partial charge in [0.05, 0.1) is 12.1 Å². The van der Waals surface area contributed by atoms with Gasteiger partial charge in [-0.25, -0.2) is 4.79 Å². The van der Waals surface area contributed by atoms with Gasteiger partial charge in [-0.05, 0) is 31.5 Å². The molecule has 0 unspecified atom stereocenters. The van der Waals surface area contributed by atoms with Crippen LogP contribution in [-0.4, -0.2) is 87.7 Å². The van der Waals surface area contributed by atoms with E-state index in [1.165, 1.54) is 11.1 Å². The summed E-state index contributed by atoms with van der Waals surface area (Å²) < 4.78 is 45.3. The van der Waals surface area contributed by atoms with Gasteiger partial charge in [0.1, 0.15) is 18.8 Å². The predicted octanol–water partition coefficient (Wildman–Crippen LogP) is 2.57. The molecule has 0 bridgehead atoms. The molecule has 9 nitrogen and oxygen atoms in total. The van der Waals surface area contributed by atoms with Crippen LogP contribution in [0.3, 0.4) is 0 Å². The maximum atomic E-state index is 13.5. The summed E-state index contributed by atoms with van der Waals surface area (Å²) in [5.74, 6) is -1.33. The number of alkyl halides is 3. The number of urea groups is 1. The number of hydrogen-bond donors (Lipinski definition) is 1. The molecule has 1 N–H and O–H groups in total. The molecule has 1 aromatic carbocycles. The highest BCUT2D eigenvalue weighted by molar-refractivity contribution is 6.07. The number of fused-ring (bicyclic) bond motifs is 1. The summed E-state index contributed by atoms with van der Waals surface area (Å²) in [6, 6.07) is 13.5. The number of amides is 4. The first-order chi connectivity index (χ1) is 17.9. The smallest absolute Gasteiger partial charge is 0.357 e. The van der Waals surface area contributed by atoms with Crippen molar-refractivity contribution in [3.63, 3.8) is 0 Å². The van der Waals surface area contributed by atoms with E-state index in [2.05, 4.69) is 10.3 Å². The zero-order valence-corrected chi connectivity index (χ0v) is 21.2. The average molecular weight is 534 g/mol. The first-order valence-electron chi connectivity index (χ1n) is 12.2. The second-order valence-corrected chi connectivity index (χ2v) is 9.93. The molecule has 3 heterocycles. The van der Waals surface area contributed by atoms with Crippen LogP contribution >= 0.6 is 0 Å². The van der Waals surface area contributed by atoms with Gasteiger partial charge in [0.15, 0.2) is 0 Å². The van der Waals surface area contributed by atoms with Crippen molar-refractivity contribution in [3.05, 3.63) is 66.0 Å². The molecule has 2 aliphatic rings. The molecule has 0 spiro atoms. The van der Waals surface area contributed by atoms with Crippen LogP contribution in [0.1, 0.15) is 25.1 Å². The van der Waals surface area contributed by atoms with Crippen molar-refractivity contribution >= 4 is 17.8 Å². The second kappa shape index (κ2) is 10.7. The van der Waals surface area contributed by atoms with Crippen LogP contribution in [0.5, 0.6) is 0 Å². The Bertz CT molecular complexity index is 1160. The Kier molecular flexibility index (Phi) is 7.75. The number of ether oxygens (including phenoxy) is 1. The number of piperazine rings is 1. The molecule has 4 amide bonds. The van der Waals surface area contributed by atoms with E-state index in [9.17, 15) is 27.6 Å². The number of imide groups is 1. The molecule has 12 heteroatoms. The molecule has 2 saturated heterocycles. The van der Waals surface area contributed by atoms with Crippen molar-refractivity contribution in [1.29, 1.82) is 0 Å². The summed E-state index contributed by atoms with van der Waals surface area (Å²) in [5, 5.41) is 2.73. The molecule has 2 fully saturated rings. The Labute approximate surface area is 218 Å². The van der Waals surface area contributed by atoms with Gasteiger partial charge in [-0.1, -0.05) is 36.4 Å².